The summed E-state index contributed by atoms with van der Waals surface area (Å²) in [6, 6.07) is 5.75. The van der Waals surface area contributed by atoms with Crippen molar-refractivity contribution in [3.05, 3.63) is 41.2 Å². The van der Waals surface area contributed by atoms with Crippen molar-refractivity contribution in [2.75, 3.05) is 34.0 Å². The Morgan fingerprint density at radius 3 is 2.81 bits per heavy atom. The Morgan fingerprint density at radius 1 is 1.19 bits per heavy atom. The van der Waals surface area contributed by atoms with Gasteiger partial charge in [-0.05, 0) is 51.2 Å². The molecule has 2 aliphatic heterocycles. The van der Waals surface area contributed by atoms with Crippen LogP contribution in [0.3, 0.4) is 0 Å². The van der Waals surface area contributed by atoms with Crippen molar-refractivity contribution >= 4 is 5.91 Å². The first-order chi connectivity index (χ1) is 15.6. The summed E-state index contributed by atoms with van der Waals surface area (Å²) in [6.45, 7) is 4.52. The second kappa shape index (κ2) is 10.4. The molecule has 0 N–H and O–H groups in total. The molecule has 2 aromatic rings. The van der Waals surface area contributed by atoms with Gasteiger partial charge in [0.25, 0.3) is 5.91 Å². The molecule has 1 amide bonds. The summed E-state index contributed by atoms with van der Waals surface area (Å²) >= 11 is 0. The van der Waals surface area contributed by atoms with E-state index in [1.807, 2.05) is 34.7 Å². The third kappa shape index (κ3) is 4.76. The Hall–Kier alpha value is -2.58. The number of rotatable bonds is 8. The van der Waals surface area contributed by atoms with Gasteiger partial charge in [-0.1, -0.05) is 0 Å². The number of amides is 1. The van der Waals surface area contributed by atoms with Gasteiger partial charge in [-0.25, -0.2) is 0 Å². The van der Waals surface area contributed by atoms with Gasteiger partial charge in [-0.2, -0.15) is 5.10 Å². The average molecular weight is 444 g/mol. The summed E-state index contributed by atoms with van der Waals surface area (Å²) in [4.78, 5) is 15.4. The zero-order valence-electron chi connectivity index (χ0n) is 19.2. The first-order valence-corrected chi connectivity index (χ1v) is 11.4. The molecule has 0 radical (unpaired) electrons. The van der Waals surface area contributed by atoms with Gasteiger partial charge in [-0.15, -0.1) is 0 Å². The molecule has 8 nitrogen and oxygen atoms in total. The zero-order valence-corrected chi connectivity index (χ0v) is 19.2. The Balaban J connectivity index is 1.44. The standard InChI is InChI=1S/C24H33N3O5/c1-17-20(16-25-27(17)12-14-32-23-8-4-5-13-31-23)24(28)26-11-6-7-21(26)19-10-9-18(29-2)15-22(19)30-3/h9-10,15-16,21,23H,4-8,11-14H2,1-3H3. The van der Waals surface area contributed by atoms with E-state index in [0.717, 1.165) is 61.5 Å². The predicted octanol–water partition coefficient (Wildman–Crippen LogP) is 3.73. The summed E-state index contributed by atoms with van der Waals surface area (Å²) < 4.78 is 24.2. The minimum atomic E-state index is -0.120. The van der Waals surface area contributed by atoms with Crippen LogP contribution in [0.5, 0.6) is 11.5 Å². The van der Waals surface area contributed by atoms with E-state index < -0.39 is 0 Å². The molecular weight excluding hydrogens is 410 g/mol. The van der Waals surface area contributed by atoms with Crippen LogP contribution in [0.25, 0.3) is 0 Å². The lowest BCUT2D eigenvalue weighted by Gasteiger charge is -2.26. The van der Waals surface area contributed by atoms with E-state index in [1.54, 1.807) is 20.4 Å². The van der Waals surface area contributed by atoms with Gasteiger partial charge in [0.15, 0.2) is 6.29 Å². The second-order valence-corrected chi connectivity index (χ2v) is 8.30. The lowest BCUT2D eigenvalue weighted by atomic mass is 10.0. The molecular formula is C24H33N3O5. The fraction of sp³-hybridized carbons (Fsp3) is 0.583. The fourth-order valence-corrected chi connectivity index (χ4v) is 4.58. The maximum absolute atomic E-state index is 13.5. The number of ether oxygens (including phenoxy) is 4. The second-order valence-electron chi connectivity index (χ2n) is 8.30. The van der Waals surface area contributed by atoms with Gasteiger partial charge in [0.05, 0.1) is 45.2 Å². The number of likely N-dealkylation sites (tertiary alicyclic amines) is 1. The normalized spacial score (nSPS) is 21.0. The average Bonchev–Trinajstić information content (AvgIpc) is 3.46. The van der Waals surface area contributed by atoms with E-state index in [0.29, 0.717) is 25.3 Å². The molecule has 2 unspecified atom stereocenters. The topological polar surface area (TPSA) is 75.1 Å². The van der Waals surface area contributed by atoms with Gasteiger partial charge in [0.2, 0.25) is 0 Å². The molecule has 1 aromatic carbocycles. The summed E-state index contributed by atoms with van der Waals surface area (Å²) in [5, 5.41) is 4.45. The first-order valence-electron chi connectivity index (χ1n) is 11.4. The third-order valence-electron chi connectivity index (χ3n) is 6.39. The molecule has 32 heavy (non-hydrogen) atoms. The van der Waals surface area contributed by atoms with Gasteiger partial charge >= 0.3 is 0 Å². The number of hydrogen-bond acceptors (Lipinski definition) is 6. The molecule has 0 spiro atoms. The number of carbonyl (C=O) groups is 1. The summed E-state index contributed by atoms with van der Waals surface area (Å²) in [5.74, 6) is 1.48. The summed E-state index contributed by atoms with van der Waals surface area (Å²) in [6.07, 6.45) is 6.59. The highest BCUT2D eigenvalue weighted by Crippen LogP contribution is 2.39. The Morgan fingerprint density at radius 2 is 2.06 bits per heavy atom. The van der Waals surface area contributed by atoms with E-state index in [-0.39, 0.29) is 18.2 Å². The van der Waals surface area contributed by atoms with Crippen LogP contribution in [0.2, 0.25) is 0 Å². The van der Waals surface area contributed by atoms with Crippen molar-refractivity contribution in [2.24, 2.45) is 0 Å². The smallest absolute Gasteiger partial charge is 0.257 e. The van der Waals surface area contributed by atoms with Crippen LogP contribution in [0.4, 0.5) is 0 Å². The highest BCUT2D eigenvalue weighted by molar-refractivity contribution is 5.95. The molecule has 8 heteroatoms. The minimum Gasteiger partial charge on any atom is -0.497 e. The van der Waals surface area contributed by atoms with Crippen molar-refractivity contribution in [1.29, 1.82) is 0 Å². The minimum absolute atomic E-state index is 0.00523. The van der Waals surface area contributed by atoms with Gasteiger partial charge < -0.3 is 23.8 Å². The number of benzene rings is 1. The van der Waals surface area contributed by atoms with Gasteiger partial charge in [0.1, 0.15) is 11.5 Å². The van der Waals surface area contributed by atoms with Crippen molar-refractivity contribution < 1.29 is 23.7 Å². The quantitative estimate of drug-likeness (QED) is 0.619. The highest BCUT2D eigenvalue weighted by atomic mass is 16.7. The van der Waals surface area contributed by atoms with Gasteiger partial charge in [0, 0.05) is 30.5 Å². The Bertz CT molecular complexity index is 922. The molecule has 2 aliphatic rings. The van der Waals surface area contributed by atoms with Crippen LogP contribution in [0.15, 0.2) is 24.4 Å². The van der Waals surface area contributed by atoms with Crippen molar-refractivity contribution in [3.63, 3.8) is 0 Å². The molecule has 4 rings (SSSR count). The predicted molar refractivity (Wildman–Crippen MR) is 119 cm³/mol. The third-order valence-corrected chi connectivity index (χ3v) is 6.39. The largest absolute Gasteiger partial charge is 0.497 e. The van der Waals surface area contributed by atoms with Crippen molar-refractivity contribution in [3.8, 4) is 11.5 Å². The van der Waals surface area contributed by atoms with Gasteiger partial charge in [-0.3, -0.25) is 9.48 Å². The zero-order chi connectivity index (χ0) is 22.5. The number of hydrogen-bond donors (Lipinski definition) is 0. The first kappa shape index (κ1) is 22.6. The van der Waals surface area contributed by atoms with Crippen LogP contribution in [0, 0.1) is 6.92 Å². The Kier molecular flexibility index (Phi) is 7.32. The highest BCUT2D eigenvalue weighted by Gasteiger charge is 2.34. The fourth-order valence-electron chi connectivity index (χ4n) is 4.58. The Labute approximate surface area is 189 Å². The number of nitrogens with zero attached hydrogens (tertiary/aromatic N) is 3. The lowest BCUT2D eigenvalue weighted by Crippen LogP contribution is -2.31. The van der Waals surface area contributed by atoms with Crippen molar-refractivity contribution in [2.45, 2.75) is 57.9 Å². The molecule has 174 valence electrons. The van der Waals surface area contributed by atoms with Crippen LogP contribution >= 0.6 is 0 Å². The van der Waals surface area contributed by atoms with Crippen LogP contribution < -0.4 is 9.47 Å². The van der Waals surface area contributed by atoms with Crippen molar-refractivity contribution in [1.82, 2.24) is 14.7 Å². The molecule has 0 aliphatic carbocycles. The summed E-state index contributed by atoms with van der Waals surface area (Å²) in [7, 11) is 3.28. The van der Waals surface area contributed by atoms with E-state index in [2.05, 4.69) is 5.10 Å². The number of methoxy groups -OCH3 is 2. The maximum Gasteiger partial charge on any atom is 0.257 e. The number of carbonyl (C=O) groups excluding carboxylic acids is 1. The molecule has 2 atom stereocenters. The van der Waals surface area contributed by atoms with Crippen LogP contribution in [0.1, 0.15) is 59.8 Å². The SMILES string of the molecule is COc1ccc(C2CCCN2C(=O)c2cnn(CCOC3CCCCO3)c2C)c(OC)c1. The maximum atomic E-state index is 13.5. The monoisotopic (exact) mass is 443 g/mol. The number of aromatic nitrogens is 2. The molecule has 1 aromatic heterocycles. The molecule has 2 fully saturated rings. The van der Waals surface area contributed by atoms with E-state index in [9.17, 15) is 4.79 Å². The molecule has 3 heterocycles. The molecule has 2 saturated heterocycles. The van der Waals surface area contributed by atoms with E-state index >= 15 is 0 Å². The molecule has 0 bridgehead atoms. The van der Waals surface area contributed by atoms with Crippen LogP contribution in [-0.2, 0) is 16.0 Å². The van der Waals surface area contributed by atoms with Crippen LogP contribution in [-0.4, -0.2) is 60.9 Å². The van der Waals surface area contributed by atoms with E-state index in [1.165, 1.54) is 0 Å². The molecule has 0 saturated carbocycles. The van der Waals surface area contributed by atoms with E-state index in [4.69, 9.17) is 18.9 Å². The lowest BCUT2D eigenvalue weighted by molar-refractivity contribution is -0.163. The summed E-state index contributed by atoms with van der Waals surface area (Å²) in [5.41, 5.74) is 2.50.